The minimum Gasteiger partial charge on any atom is -0.388 e. The summed E-state index contributed by atoms with van der Waals surface area (Å²) in [7, 11) is 0. The van der Waals surface area contributed by atoms with Crippen LogP contribution < -0.4 is 0 Å². The molecule has 0 aromatic heterocycles. The Bertz CT molecular complexity index is 157. The molecule has 0 spiro atoms. The van der Waals surface area contributed by atoms with Crippen molar-refractivity contribution in [2.24, 2.45) is 5.92 Å². The lowest BCUT2D eigenvalue weighted by atomic mass is 9.92. The van der Waals surface area contributed by atoms with Crippen molar-refractivity contribution in [1.29, 1.82) is 0 Å². The van der Waals surface area contributed by atoms with Gasteiger partial charge in [-0.15, -0.1) is 0 Å². The molecule has 2 atom stereocenters. The Morgan fingerprint density at radius 2 is 1.73 bits per heavy atom. The van der Waals surface area contributed by atoms with Crippen LogP contribution in [0.25, 0.3) is 0 Å². The third-order valence-corrected chi connectivity index (χ3v) is 2.96. The van der Waals surface area contributed by atoms with Gasteiger partial charge in [0.1, 0.15) is 6.10 Å². The van der Waals surface area contributed by atoms with E-state index in [0.29, 0.717) is 6.42 Å². The minimum atomic E-state index is -1.91. The summed E-state index contributed by atoms with van der Waals surface area (Å²) in [6, 6.07) is 0. The normalized spacial score (nSPS) is 16.4. The van der Waals surface area contributed by atoms with Crippen molar-refractivity contribution >= 4 is 0 Å². The van der Waals surface area contributed by atoms with Crippen molar-refractivity contribution in [1.82, 2.24) is 0 Å². The van der Waals surface area contributed by atoms with Crippen molar-refractivity contribution < 1.29 is 15.3 Å². The highest BCUT2D eigenvalue weighted by Gasteiger charge is 2.33. The van der Waals surface area contributed by atoms with E-state index in [9.17, 15) is 15.3 Å². The monoisotopic (exact) mass is 218 g/mol. The zero-order chi connectivity index (χ0) is 11.9. The van der Waals surface area contributed by atoms with E-state index < -0.39 is 11.9 Å². The van der Waals surface area contributed by atoms with Crippen LogP contribution in [-0.2, 0) is 0 Å². The number of aliphatic hydroxyl groups is 3. The van der Waals surface area contributed by atoms with Crippen LogP contribution in [0.15, 0.2) is 0 Å². The van der Waals surface area contributed by atoms with Crippen LogP contribution in [0.3, 0.4) is 0 Å². The fourth-order valence-electron chi connectivity index (χ4n) is 1.61. The zero-order valence-corrected chi connectivity index (χ0v) is 10.2. The summed E-state index contributed by atoms with van der Waals surface area (Å²) in [4.78, 5) is 0. The van der Waals surface area contributed by atoms with Crippen molar-refractivity contribution in [2.75, 3.05) is 0 Å². The van der Waals surface area contributed by atoms with Crippen LogP contribution in [0.2, 0.25) is 0 Å². The first-order valence-electron chi connectivity index (χ1n) is 6.06. The first-order valence-corrected chi connectivity index (χ1v) is 6.06. The maximum absolute atomic E-state index is 9.69. The average molecular weight is 218 g/mol. The highest BCUT2D eigenvalue weighted by molar-refractivity contribution is 4.77. The van der Waals surface area contributed by atoms with E-state index in [1.54, 1.807) is 0 Å². The van der Waals surface area contributed by atoms with Crippen molar-refractivity contribution in [2.45, 2.75) is 71.2 Å². The molecule has 0 aromatic rings. The lowest BCUT2D eigenvalue weighted by molar-refractivity contribution is -0.235. The summed E-state index contributed by atoms with van der Waals surface area (Å²) in [6.07, 6.45) is 3.54. The highest BCUT2D eigenvalue weighted by Crippen LogP contribution is 2.23. The third-order valence-electron chi connectivity index (χ3n) is 2.96. The molecule has 0 aromatic carbocycles. The molecule has 0 aliphatic heterocycles. The fourth-order valence-corrected chi connectivity index (χ4v) is 1.61. The summed E-state index contributed by atoms with van der Waals surface area (Å²) in [6.45, 7) is 6.04. The maximum atomic E-state index is 9.69. The van der Waals surface area contributed by atoms with Gasteiger partial charge < -0.3 is 15.3 Å². The molecule has 0 amide bonds. The number of hydrogen-bond acceptors (Lipinski definition) is 3. The van der Waals surface area contributed by atoms with Crippen LogP contribution in [0, 0.1) is 5.92 Å². The molecule has 2 unspecified atom stereocenters. The van der Waals surface area contributed by atoms with Gasteiger partial charge in [-0.05, 0) is 12.3 Å². The first kappa shape index (κ1) is 14.9. The van der Waals surface area contributed by atoms with Gasteiger partial charge >= 0.3 is 0 Å². The molecule has 0 saturated heterocycles. The molecule has 3 nitrogen and oxygen atoms in total. The second kappa shape index (κ2) is 7.20. The molecule has 0 rings (SSSR count). The van der Waals surface area contributed by atoms with E-state index in [-0.39, 0.29) is 12.3 Å². The van der Waals surface area contributed by atoms with Gasteiger partial charge in [-0.1, -0.05) is 46.5 Å². The molecule has 0 aliphatic rings. The van der Waals surface area contributed by atoms with Gasteiger partial charge in [0.15, 0.2) is 5.79 Å². The number of unbranched alkanes of at least 4 members (excludes halogenated alkanes) is 2. The second-order valence-electron chi connectivity index (χ2n) is 4.61. The predicted molar refractivity (Wildman–Crippen MR) is 61.4 cm³/mol. The van der Waals surface area contributed by atoms with Gasteiger partial charge in [0.05, 0.1) is 0 Å². The lowest BCUT2D eigenvalue weighted by Crippen LogP contribution is -2.43. The van der Waals surface area contributed by atoms with E-state index in [1.807, 2.05) is 13.8 Å². The van der Waals surface area contributed by atoms with Crippen molar-refractivity contribution in [3.05, 3.63) is 0 Å². The number of aliphatic hydroxyl groups excluding tert-OH is 1. The third kappa shape index (κ3) is 6.13. The molecule has 92 valence electrons. The summed E-state index contributed by atoms with van der Waals surface area (Å²) in [5, 5.41) is 29.0. The molecule has 0 saturated carbocycles. The summed E-state index contributed by atoms with van der Waals surface area (Å²) in [5.41, 5.74) is 0. The molecule has 0 aliphatic carbocycles. The van der Waals surface area contributed by atoms with Gasteiger partial charge in [-0.2, -0.15) is 0 Å². The summed E-state index contributed by atoms with van der Waals surface area (Å²) in [5.74, 6) is -1.69. The van der Waals surface area contributed by atoms with Crippen LogP contribution in [-0.4, -0.2) is 27.2 Å². The van der Waals surface area contributed by atoms with E-state index in [4.69, 9.17) is 0 Å². The average Bonchev–Trinajstić information content (AvgIpc) is 2.17. The lowest BCUT2D eigenvalue weighted by Gasteiger charge is -2.29. The minimum absolute atomic E-state index is 0.223. The van der Waals surface area contributed by atoms with Crippen molar-refractivity contribution in [3.63, 3.8) is 0 Å². The van der Waals surface area contributed by atoms with E-state index in [2.05, 4.69) is 6.92 Å². The summed E-state index contributed by atoms with van der Waals surface area (Å²) < 4.78 is 0. The van der Waals surface area contributed by atoms with E-state index in [1.165, 1.54) is 0 Å². The quantitative estimate of drug-likeness (QED) is 0.431. The van der Waals surface area contributed by atoms with Gasteiger partial charge in [0, 0.05) is 6.42 Å². The fraction of sp³-hybridized carbons (Fsp3) is 1.00. The number of hydrogen-bond donors (Lipinski definition) is 3. The highest BCUT2D eigenvalue weighted by atomic mass is 16.5. The molecule has 0 fully saturated rings. The molecule has 0 bridgehead atoms. The van der Waals surface area contributed by atoms with Gasteiger partial charge in [-0.3, -0.25) is 0 Å². The van der Waals surface area contributed by atoms with E-state index in [0.717, 1.165) is 25.7 Å². The SMILES string of the molecule is CCCCCC(O)C(O)(O)CC(C)CC. The molecule has 0 heterocycles. The van der Waals surface area contributed by atoms with Gasteiger partial charge in [0.2, 0.25) is 0 Å². The van der Waals surface area contributed by atoms with Crippen LogP contribution >= 0.6 is 0 Å². The predicted octanol–water partition coefficient (Wildman–Crippen LogP) is 2.04. The zero-order valence-electron chi connectivity index (χ0n) is 10.2. The first-order chi connectivity index (χ1) is 6.94. The molecule has 3 N–H and O–H groups in total. The van der Waals surface area contributed by atoms with Crippen LogP contribution in [0.4, 0.5) is 0 Å². The maximum Gasteiger partial charge on any atom is 0.189 e. The van der Waals surface area contributed by atoms with Gasteiger partial charge in [0.25, 0.3) is 0 Å². The van der Waals surface area contributed by atoms with E-state index >= 15 is 0 Å². The Morgan fingerprint density at radius 3 is 2.20 bits per heavy atom. The van der Waals surface area contributed by atoms with Crippen LogP contribution in [0.5, 0.6) is 0 Å². The Hall–Kier alpha value is -0.120. The van der Waals surface area contributed by atoms with Crippen LogP contribution in [0.1, 0.15) is 59.3 Å². The van der Waals surface area contributed by atoms with Gasteiger partial charge in [-0.25, -0.2) is 0 Å². The second-order valence-corrected chi connectivity index (χ2v) is 4.61. The molecule has 0 radical (unpaired) electrons. The topological polar surface area (TPSA) is 60.7 Å². The molecular weight excluding hydrogens is 192 g/mol. The summed E-state index contributed by atoms with van der Waals surface area (Å²) >= 11 is 0. The van der Waals surface area contributed by atoms with Crippen molar-refractivity contribution in [3.8, 4) is 0 Å². The molecule has 3 heteroatoms. The Labute approximate surface area is 93.1 Å². The Kier molecular flexibility index (Phi) is 7.14. The smallest absolute Gasteiger partial charge is 0.189 e. The number of rotatable bonds is 8. The molecule has 15 heavy (non-hydrogen) atoms. The standard InChI is InChI=1S/C12H26O3/c1-4-6-7-8-11(13)12(14,15)9-10(3)5-2/h10-11,13-15H,4-9H2,1-3H3. The Morgan fingerprint density at radius 1 is 1.13 bits per heavy atom. The molecular formula is C12H26O3. The Balaban J connectivity index is 3.95. The largest absolute Gasteiger partial charge is 0.388 e.